The van der Waals surface area contributed by atoms with Gasteiger partial charge in [0.05, 0.1) is 19.8 Å². The summed E-state index contributed by atoms with van der Waals surface area (Å²) in [5.74, 6) is 0. The maximum absolute atomic E-state index is 6.01. The number of hydrogen-bond acceptors (Lipinski definition) is 2. The summed E-state index contributed by atoms with van der Waals surface area (Å²) in [6.07, 6.45) is 4.71. The normalized spacial score (nSPS) is 17.2. The highest BCUT2D eigenvalue weighted by atomic mass is 28.4. The Morgan fingerprint density at radius 3 is 2.86 bits per heavy atom. The standard InChI is InChI=1S/C11H22O2Si/c1-4-5-8-14(2,3)13-10-11-6-7-12-9-11/h6H,4-5,7-10H2,1-3H3. The van der Waals surface area contributed by atoms with Gasteiger partial charge in [-0.15, -0.1) is 0 Å². The molecule has 1 rings (SSSR count). The Morgan fingerprint density at radius 2 is 2.29 bits per heavy atom. The summed E-state index contributed by atoms with van der Waals surface area (Å²) in [7, 11) is -1.39. The van der Waals surface area contributed by atoms with Crippen LogP contribution in [0.1, 0.15) is 19.8 Å². The Balaban J connectivity index is 2.20. The molecule has 0 saturated carbocycles. The highest BCUT2D eigenvalue weighted by molar-refractivity contribution is 6.71. The lowest BCUT2D eigenvalue weighted by atomic mass is 10.3. The zero-order valence-corrected chi connectivity index (χ0v) is 10.6. The Bertz CT molecular complexity index is 199. The summed E-state index contributed by atoms with van der Waals surface area (Å²) in [4.78, 5) is 0. The van der Waals surface area contributed by atoms with Gasteiger partial charge >= 0.3 is 0 Å². The molecule has 0 N–H and O–H groups in total. The maximum atomic E-state index is 6.01. The SMILES string of the molecule is CCCC[Si](C)(C)OCC1=CCOC1. The molecule has 0 spiro atoms. The molecule has 0 radical (unpaired) electrons. The van der Waals surface area contributed by atoms with Crippen molar-refractivity contribution >= 4 is 8.32 Å². The third-order valence-corrected chi connectivity index (χ3v) is 5.04. The van der Waals surface area contributed by atoms with Crippen molar-refractivity contribution in [1.29, 1.82) is 0 Å². The van der Waals surface area contributed by atoms with Gasteiger partial charge in [0.15, 0.2) is 8.32 Å². The van der Waals surface area contributed by atoms with Gasteiger partial charge in [0.1, 0.15) is 0 Å². The second-order valence-electron chi connectivity index (χ2n) is 4.53. The van der Waals surface area contributed by atoms with Crippen LogP contribution < -0.4 is 0 Å². The van der Waals surface area contributed by atoms with Crippen LogP contribution >= 0.6 is 0 Å². The first-order chi connectivity index (χ1) is 6.64. The van der Waals surface area contributed by atoms with Gasteiger partial charge in [0.2, 0.25) is 0 Å². The third kappa shape index (κ3) is 4.40. The van der Waals surface area contributed by atoms with E-state index in [4.69, 9.17) is 9.16 Å². The summed E-state index contributed by atoms with van der Waals surface area (Å²) < 4.78 is 11.3. The monoisotopic (exact) mass is 214 g/mol. The van der Waals surface area contributed by atoms with Crippen LogP contribution in [0.5, 0.6) is 0 Å². The first kappa shape index (κ1) is 11.9. The lowest BCUT2D eigenvalue weighted by molar-refractivity contribution is 0.200. The molecule has 0 bridgehead atoms. The molecule has 1 aliphatic rings. The molecule has 82 valence electrons. The lowest BCUT2D eigenvalue weighted by Crippen LogP contribution is -2.31. The molecule has 1 aliphatic heterocycles. The van der Waals surface area contributed by atoms with Crippen molar-refractivity contribution in [2.75, 3.05) is 19.8 Å². The van der Waals surface area contributed by atoms with Gasteiger partial charge in [-0.3, -0.25) is 0 Å². The van der Waals surface area contributed by atoms with Crippen LogP contribution in [0.2, 0.25) is 19.1 Å². The summed E-state index contributed by atoms with van der Waals surface area (Å²) in [6, 6.07) is 1.28. The molecular weight excluding hydrogens is 192 g/mol. The topological polar surface area (TPSA) is 18.5 Å². The molecule has 0 saturated heterocycles. The van der Waals surface area contributed by atoms with E-state index in [1.807, 2.05) is 0 Å². The van der Waals surface area contributed by atoms with E-state index in [1.54, 1.807) is 0 Å². The van der Waals surface area contributed by atoms with Crippen molar-refractivity contribution < 1.29 is 9.16 Å². The van der Waals surface area contributed by atoms with E-state index >= 15 is 0 Å². The largest absolute Gasteiger partial charge is 0.413 e. The van der Waals surface area contributed by atoms with Gasteiger partial charge in [-0.1, -0.05) is 25.8 Å². The van der Waals surface area contributed by atoms with Crippen LogP contribution in [-0.4, -0.2) is 28.1 Å². The van der Waals surface area contributed by atoms with E-state index in [0.29, 0.717) is 0 Å². The molecule has 0 amide bonds. The molecule has 0 aromatic rings. The number of unbranched alkanes of at least 4 members (excludes halogenated alkanes) is 1. The average molecular weight is 214 g/mol. The van der Waals surface area contributed by atoms with E-state index < -0.39 is 8.32 Å². The van der Waals surface area contributed by atoms with Gasteiger partial charge < -0.3 is 9.16 Å². The quantitative estimate of drug-likeness (QED) is 0.500. The predicted octanol–water partition coefficient (Wildman–Crippen LogP) is 2.96. The fourth-order valence-corrected chi connectivity index (χ4v) is 3.41. The van der Waals surface area contributed by atoms with Crippen molar-refractivity contribution in [3.63, 3.8) is 0 Å². The minimum absolute atomic E-state index is 0.773. The Kier molecular flexibility index (Phi) is 4.85. The van der Waals surface area contributed by atoms with Crippen LogP contribution in [0.15, 0.2) is 11.6 Å². The highest BCUT2D eigenvalue weighted by Gasteiger charge is 2.22. The van der Waals surface area contributed by atoms with Gasteiger partial charge in [-0.25, -0.2) is 0 Å². The summed E-state index contributed by atoms with van der Waals surface area (Å²) in [5.41, 5.74) is 1.32. The molecule has 14 heavy (non-hydrogen) atoms. The van der Waals surface area contributed by atoms with Crippen molar-refractivity contribution in [1.82, 2.24) is 0 Å². The summed E-state index contributed by atoms with van der Waals surface area (Å²) in [6.45, 7) is 9.19. The molecule has 0 aliphatic carbocycles. The smallest absolute Gasteiger partial charge is 0.187 e. The number of rotatable bonds is 6. The molecule has 0 fully saturated rings. The van der Waals surface area contributed by atoms with E-state index in [-0.39, 0.29) is 0 Å². The van der Waals surface area contributed by atoms with Gasteiger partial charge in [0.25, 0.3) is 0 Å². The molecule has 0 aromatic carbocycles. The molecule has 0 unspecified atom stereocenters. The zero-order valence-electron chi connectivity index (χ0n) is 9.64. The van der Waals surface area contributed by atoms with Crippen LogP contribution in [0, 0.1) is 0 Å². The molecular formula is C11H22O2Si. The van der Waals surface area contributed by atoms with Crippen molar-refractivity contribution in [3.8, 4) is 0 Å². The van der Waals surface area contributed by atoms with Crippen molar-refractivity contribution in [2.24, 2.45) is 0 Å². The summed E-state index contributed by atoms with van der Waals surface area (Å²) >= 11 is 0. The van der Waals surface area contributed by atoms with Gasteiger partial charge in [-0.05, 0) is 24.7 Å². The van der Waals surface area contributed by atoms with Crippen LogP contribution in [0.25, 0.3) is 0 Å². The van der Waals surface area contributed by atoms with Crippen LogP contribution in [0.3, 0.4) is 0 Å². The zero-order chi connectivity index (χ0) is 10.4. The van der Waals surface area contributed by atoms with Crippen LogP contribution in [-0.2, 0) is 9.16 Å². The maximum Gasteiger partial charge on any atom is 0.187 e. The lowest BCUT2D eigenvalue weighted by Gasteiger charge is -2.22. The molecule has 3 heteroatoms. The van der Waals surface area contributed by atoms with E-state index in [2.05, 4.69) is 26.1 Å². The fraction of sp³-hybridized carbons (Fsp3) is 0.818. The minimum atomic E-state index is -1.39. The van der Waals surface area contributed by atoms with E-state index in [9.17, 15) is 0 Å². The van der Waals surface area contributed by atoms with Gasteiger partial charge in [0, 0.05) is 0 Å². The molecule has 0 aromatic heterocycles. The van der Waals surface area contributed by atoms with E-state index in [0.717, 1.165) is 19.8 Å². The van der Waals surface area contributed by atoms with Crippen molar-refractivity contribution in [2.45, 2.75) is 38.9 Å². The summed E-state index contributed by atoms with van der Waals surface area (Å²) in [5, 5.41) is 0. The van der Waals surface area contributed by atoms with Gasteiger partial charge in [-0.2, -0.15) is 0 Å². The Labute approximate surface area is 88.4 Å². The Morgan fingerprint density at radius 1 is 1.50 bits per heavy atom. The number of hydrogen-bond donors (Lipinski definition) is 0. The minimum Gasteiger partial charge on any atom is -0.413 e. The first-order valence-electron chi connectivity index (χ1n) is 5.53. The van der Waals surface area contributed by atoms with E-state index in [1.165, 1.54) is 24.5 Å². The fourth-order valence-electron chi connectivity index (χ4n) is 1.49. The average Bonchev–Trinajstić information content (AvgIpc) is 2.64. The molecule has 1 heterocycles. The second kappa shape index (κ2) is 5.68. The first-order valence-corrected chi connectivity index (χ1v) is 8.65. The molecule has 0 atom stereocenters. The third-order valence-electron chi connectivity index (χ3n) is 2.56. The number of ether oxygens (including phenoxy) is 1. The van der Waals surface area contributed by atoms with Crippen LogP contribution in [0.4, 0.5) is 0 Å². The Hall–Kier alpha value is -0.123. The molecule has 2 nitrogen and oxygen atoms in total. The highest BCUT2D eigenvalue weighted by Crippen LogP contribution is 2.17. The predicted molar refractivity (Wildman–Crippen MR) is 62.1 cm³/mol. The second-order valence-corrected chi connectivity index (χ2v) is 8.84. The van der Waals surface area contributed by atoms with Crippen molar-refractivity contribution in [3.05, 3.63) is 11.6 Å².